The van der Waals surface area contributed by atoms with Crippen LogP contribution in [0.1, 0.15) is 40.9 Å². The number of alkyl halides is 2. The zero-order valence-corrected chi connectivity index (χ0v) is 16.1. The summed E-state index contributed by atoms with van der Waals surface area (Å²) in [5.41, 5.74) is 1.33. The van der Waals surface area contributed by atoms with Gasteiger partial charge in [0, 0.05) is 30.6 Å². The third-order valence-electron chi connectivity index (χ3n) is 6.38. The molecular formula is C21H20F2N4O3. The molecule has 4 aliphatic rings. The Bertz CT molecular complexity index is 1080. The largest absolute Gasteiger partial charge is 0.485 e. The SMILES string of the molecule is O=C1NCC2(CC2)Oc2cc(-c3nc(N4CC(O)C4)nc4c3CCC4(F)F)ccc21. The summed E-state index contributed by atoms with van der Waals surface area (Å²) in [6.45, 7) is 1.10. The van der Waals surface area contributed by atoms with E-state index in [0.29, 0.717) is 47.8 Å². The number of nitrogens with zero attached hydrogens (tertiary/aromatic N) is 3. The molecule has 9 heteroatoms. The van der Waals surface area contributed by atoms with E-state index in [-0.39, 0.29) is 36.0 Å². The van der Waals surface area contributed by atoms with Crippen LogP contribution in [0.5, 0.6) is 5.75 Å². The molecule has 1 aromatic heterocycles. The first-order chi connectivity index (χ1) is 14.3. The highest BCUT2D eigenvalue weighted by molar-refractivity contribution is 5.98. The summed E-state index contributed by atoms with van der Waals surface area (Å²) in [4.78, 5) is 22.9. The summed E-state index contributed by atoms with van der Waals surface area (Å²) < 4.78 is 35.2. The van der Waals surface area contributed by atoms with Gasteiger partial charge in [-0.05, 0) is 31.4 Å². The summed E-state index contributed by atoms with van der Waals surface area (Å²) in [5, 5.41) is 12.5. The van der Waals surface area contributed by atoms with Gasteiger partial charge < -0.3 is 20.1 Å². The van der Waals surface area contributed by atoms with E-state index >= 15 is 0 Å². The Morgan fingerprint density at radius 2 is 2.00 bits per heavy atom. The number of halogens is 2. The Morgan fingerprint density at radius 1 is 1.20 bits per heavy atom. The fraction of sp³-hybridized carbons (Fsp3) is 0.476. The van der Waals surface area contributed by atoms with Crippen molar-refractivity contribution in [2.75, 3.05) is 24.5 Å². The number of β-amino-alcohol motifs (C(OH)–C–C–N with tert-alkyl or cyclic N) is 1. The van der Waals surface area contributed by atoms with Crippen molar-refractivity contribution in [1.82, 2.24) is 15.3 Å². The molecule has 2 N–H and O–H groups in total. The van der Waals surface area contributed by atoms with Gasteiger partial charge in [-0.2, -0.15) is 8.78 Å². The van der Waals surface area contributed by atoms with Crippen molar-refractivity contribution in [2.45, 2.75) is 43.3 Å². The summed E-state index contributed by atoms with van der Waals surface area (Å²) >= 11 is 0. The van der Waals surface area contributed by atoms with Crippen LogP contribution < -0.4 is 15.0 Å². The number of fused-ring (bicyclic) bond motifs is 2. The molecule has 1 aromatic carbocycles. The number of hydrogen-bond acceptors (Lipinski definition) is 6. The number of carbonyl (C=O) groups is 1. The van der Waals surface area contributed by atoms with E-state index in [2.05, 4.69) is 15.3 Å². The highest BCUT2D eigenvalue weighted by atomic mass is 19.3. The Kier molecular flexibility index (Phi) is 3.52. The lowest BCUT2D eigenvalue weighted by atomic mass is 10.0. The minimum absolute atomic E-state index is 0.183. The molecule has 0 atom stereocenters. The van der Waals surface area contributed by atoms with Crippen LogP contribution in [0.4, 0.5) is 14.7 Å². The fourth-order valence-corrected chi connectivity index (χ4v) is 4.38. The average molecular weight is 414 g/mol. The monoisotopic (exact) mass is 414 g/mol. The second-order valence-electron chi connectivity index (χ2n) is 8.64. The molecule has 30 heavy (non-hydrogen) atoms. The molecule has 1 spiro atoms. The van der Waals surface area contributed by atoms with Crippen LogP contribution >= 0.6 is 0 Å². The summed E-state index contributed by atoms with van der Waals surface area (Å²) in [6.07, 6.45) is 1.12. The van der Waals surface area contributed by atoms with Gasteiger partial charge in [-0.1, -0.05) is 6.07 Å². The number of nitrogens with one attached hydrogen (secondary N) is 1. The van der Waals surface area contributed by atoms with Crippen molar-refractivity contribution in [3.05, 3.63) is 35.0 Å². The first-order valence-corrected chi connectivity index (χ1v) is 10.2. The molecule has 6 rings (SSSR count). The molecule has 3 heterocycles. The molecule has 2 fully saturated rings. The smallest absolute Gasteiger partial charge is 0.290 e. The van der Waals surface area contributed by atoms with E-state index in [1.807, 2.05) is 0 Å². The lowest BCUT2D eigenvalue weighted by Gasteiger charge is -2.36. The fourth-order valence-electron chi connectivity index (χ4n) is 4.38. The van der Waals surface area contributed by atoms with Gasteiger partial charge in [-0.25, -0.2) is 9.97 Å². The van der Waals surface area contributed by atoms with E-state index < -0.39 is 12.0 Å². The number of ether oxygens (including phenoxy) is 1. The number of aromatic nitrogens is 2. The normalized spacial score (nSPS) is 23.2. The van der Waals surface area contributed by atoms with Gasteiger partial charge in [0.15, 0.2) is 0 Å². The number of hydrogen-bond donors (Lipinski definition) is 2. The third kappa shape index (κ3) is 2.68. The Labute approximate surface area is 171 Å². The number of aliphatic hydroxyl groups excluding tert-OH is 1. The third-order valence-corrected chi connectivity index (χ3v) is 6.38. The minimum atomic E-state index is -3.01. The molecule has 1 saturated heterocycles. The molecule has 2 aliphatic carbocycles. The summed E-state index contributed by atoms with van der Waals surface area (Å²) in [6, 6.07) is 5.12. The number of amides is 1. The van der Waals surface area contributed by atoms with E-state index in [4.69, 9.17) is 4.74 Å². The molecule has 0 unspecified atom stereocenters. The van der Waals surface area contributed by atoms with E-state index in [0.717, 1.165) is 12.8 Å². The number of carbonyl (C=O) groups excluding carboxylic acids is 1. The van der Waals surface area contributed by atoms with Crippen molar-refractivity contribution in [3.63, 3.8) is 0 Å². The highest BCUT2D eigenvalue weighted by Crippen LogP contribution is 2.46. The summed E-state index contributed by atoms with van der Waals surface area (Å²) in [5.74, 6) is -2.55. The van der Waals surface area contributed by atoms with Gasteiger partial charge >= 0.3 is 0 Å². The highest BCUT2D eigenvalue weighted by Gasteiger charge is 2.48. The van der Waals surface area contributed by atoms with E-state index in [1.165, 1.54) is 0 Å². The van der Waals surface area contributed by atoms with Crippen molar-refractivity contribution < 1.29 is 23.4 Å². The molecule has 7 nitrogen and oxygen atoms in total. The lowest BCUT2D eigenvalue weighted by Crippen LogP contribution is -2.51. The second-order valence-corrected chi connectivity index (χ2v) is 8.64. The number of benzene rings is 1. The van der Waals surface area contributed by atoms with Crippen LogP contribution in [0.2, 0.25) is 0 Å². The van der Waals surface area contributed by atoms with Crippen molar-refractivity contribution in [3.8, 4) is 17.0 Å². The van der Waals surface area contributed by atoms with Crippen LogP contribution in [0.3, 0.4) is 0 Å². The number of rotatable bonds is 2. The topological polar surface area (TPSA) is 87.6 Å². The molecule has 2 aliphatic heterocycles. The van der Waals surface area contributed by atoms with Crippen molar-refractivity contribution in [1.29, 1.82) is 0 Å². The molecule has 1 amide bonds. The van der Waals surface area contributed by atoms with Crippen molar-refractivity contribution >= 4 is 11.9 Å². The second kappa shape index (κ2) is 5.87. The zero-order valence-electron chi connectivity index (χ0n) is 16.1. The van der Waals surface area contributed by atoms with Crippen LogP contribution in [-0.2, 0) is 12.3 Å². The molecule has 0 bridgehead atoms. The Hall–Kier alpha value is -2.81. The maximum Gasteiger partial charge on any atom is 0.290 e. The van der Waals surface area contributed by atoms with E-state index in [9.17, 15) is 18.7 Å². The number of aliphatic hydroxyl groups is 1. The Balaban J connectivity index is 1.48. The van der Waals surface area contributed by atoms with Crippen LogP contribution in [0.15, 0.2) is 18.2 Å². The Morgan fingerprint density at radius 3 is 2.73 bits per heavy atom. The maximum atomic E-state index is 14.5. The van der Waals surface area contributed by atoms with Gasteiger partial charge in [0.25, 0.3) is 11.8 Å². The zero-order chi connectivity index (χ0) is 20.7. The van der Waals surface area contributed by atoms with Crippen molar-refractivity contribution in [2.24, 2.45) is 0 Å². The maximum absolute atomic E-state index is 14.5. The van der Waals surface area contributed by atoms with Gasteiger partial charge in [-0.15, -0.1) is 0 Å². The van der Waals surface area contributed by atoms with Gasteiger partial charge in [-0.3, -0.25) is 4.79 Å². The predicted octanol–water partition coefficient (Wildman–Crippen LogP) is 2.02. The number of anilines is 1. The predicted molar refractivity (Wildman–Crippen MR) is 103 cm³/mol. The molecule has 1 saturated carbocycles. The minimum Gasteiger partial charge on any atom is -0.485 e. The van der Waals surface area contributed by atoms with Gasteiger partial charge in [0.05, 0.1) is 23.9 Å². The summed E-state index contributed by atoms with van der Waals surface area (Å²) in [7, 11) is 0. The van der Waals surface area contributed by atoms with Crippen LogP contribution in [0, 0.1) is 0 Å². The van der Waals surface area contributed by atoms with Crippen LogP contribution in [0.25, 0.3) is 11.3 Å². The first kappa shape index (κ1) is 18.0. The van der Waals surface area contributed by atoms with Gasteiger partial charge in [0.1, 0.15) is 17.0 Å². The molecule has 156 valence electrons. The van der Waals surface area contributed by atoms with Gasteiger partial charge in [0.2, 0.25) is 5.95 Å². The van der Waals surface area contributed by atoms with Crippen LogP contribution in [-0.4, -0.2) is 52.3 Å². The first-order valence-electron chi connectivity index (χ1n) is 10.2. The van der Waals surface area contributed by atoms with E-state index in [1.54, 1.807) is 23.1 Å². The molecule has 0 radical (unpaired) electrons. The average Bonchev–Trinajstić information content (AvgIpc) is 3.42. The lowest BCUT2D eigenvalue weighted by molar-refractivity contribution is -0.00597. The molecular weight excluding hydrogens is 394 g/mol. The quantitative estimate of drug-likeness (QED) is 0.782. The molecule has 2 aromatic rings. The standard InChI is InChI=1S/C21H20F2N4O3/c22-21(23)4-3-14-16(25-19(26-17(14)21)27-8-12(28)9-27)11-1-2-13-15(7-11)30-20(5-6-20)10-24-18(13)29/h1-2,7,12,28H,3-6,8-10H2,(H,24,29).